The van der Waals surface area contributed by atoms with Crippen molar-refractivity contribution in [1.29, 1.82) is 0 Å². The zero-order chi connectivity index (χ0) is 27.1. The standard InChI is InChI=1S/C24H40N2O7S.CH2O2/c1-12(2)8-13-6-7-32-21-14(9-13)10-25-17(21)23(31)26-16-5-3-4-15(27)11-34-24-20(30)18(28)19(29)22(16)33-24;2-1-3/h3-4,12-22,24-25,27-30H,5-11H2,1-2H3,(H,26,31);1H,(H,2,3)/b4-3+;/t13-,14-,15-,16+,17-,18-,19+,20+,21+,22+,24+;/m0./s1. The summed E-state index contributed by atoms with van der Waals surface area (Å²) in [5.74, 6) is 1.56. The third kappa shape index (κ3) is 7.89. The summed E-state index contributed by atoms with van der Waals surface area (Å²) in [6.45, 7) is 5.58. The Morgan fingerprint density at radius 1 is 1.19 bits per heavy atom. The number of ether oxygens (including phenoxy) is 2. The van der Waals surface area contributed by atoms with Crippen molar-refractivity contribution < 1.29 is 44.6 Å². The quantitative estimate of drug-likeness (QED) is 0.178. The van der Waals surface area contributed by atoms with Gasteiger partial charge < -0.3 is 45.6 Å². The van der Waals surface area contributed by atoms with E-state index in [-0.39, 0.29) is 30.2 Å². The molecular formula is C25H42N2O9S. The number of amides is 1. The number of thioether (sulfide) groups is 1. The van der Waals surface area contributed by atoms with E-state index in [1.54, 1.807) is 12.2 Å². The molecule has 2 bridgehead atoms. The summed E-state index contributed by atoms with van der Waals surface area (Å²) in [6, 6.07) is -1.15. The number of carbonyl (C=O) groups excluding carboxylic acids is 1. The molecule has 7 N–H and O–H groups in total. The second-order valence-corrected chi connectivity index (χ2v) is 11.9. The van der Waals surface area contributed by atoms with Crippen LogP contribution in [0.4, 0.5) is 0 Å². The van der Waals surface area contributed by atoms with E-state index in [0.29, 0.717) is 24.9 Å². The largest absolute Gasteiger partial charge is 0.483 e. The Kier molecular flexibility index (Phi) is 11.6. The number of hydrogen-bond donors (Lipinski definition) is 7. The predicted molar refractivity (Wildman–Crippen MR) is 137 cm³/mol. The first-order valence-corrected chi connectivity index (χ1v) is 14.1. The molecule has 0 aromatic carbocycles. The van der Waals surface area contributed by atoms with E-state index in [4.69, 9.17) is 19.4 Å². The molecule has 0 unspecified atom stereocenters. The monoisotopic (exact) mass is 546 g/mol. The lowest BCUT2D eigenvalue weighted by Crippen LogP contribution is -2.64. The molecule has 3 saturated heterocycles. The molecule has 0 radical (unpaired) electrons. The van der Waals surface area contributed by atoms with Crippen LogP contribution in [0.1, 0.15) is 39.5 Å². The molecule has 212 valence electrons. The minimum Gasteiger partial charge on any atom is -0.483 e. The number of carboxylic acid groups (broad SMARTS) is 1. The van der Waals surface area contributed by atoms with Crippen molar-refractivity contribution in [1.82, 2.24) is 10.6 Å². The van der Waals surface area contributed by atoms with Gasteiger partial charge in [-0.25, -0.2) is 0 Å². The summed E-state index contributed by atoms with van der Waals surface area (Å²) < 4.78 is 12.1. The summed E-state index contributed by atoms with van der Waals surface area (Å²) in [5.41, 5.74) is -0.819. The van der Waals surface area contributed by atoms with Crippen molar-refractivity contribution >= 4 is 24.1 Å². The van der Waals surface area contributed by atoms with Crippen LogP contribution in [0.3, 0.4) is 0 Å². The van der Waals surface area contributed by atoms with Crippen LogP contribution in [-0.4, -0.2) is 111 Å². The van der Waals surface area contributed by atoms with Crippen molar-refractivity contribution in [3.05, 3.63) is 12.2 Å². The van der Waals surface area contributed by atoms with Crippen molar-refractivity contribution in [2.75, 3.05) is 18.9 Å². The summed E-state index contributed by atoms with van der Waals surface area (Å²) in [6.07, 6.45) is 1.02. The molecule has 37 heavy (non-hydrogen) atoms. The molecule has 4 heterocycles. The molecule has 0 aliphatic carbocycles. The molecule has 12 heteroatoms. The maximum Gasteiger partial charge on any atom is 0.290 e. The number of hydrogen-bond acceptors (Lipinski definition) is 10. The number of aliphatic hydroxyl groups is 4. The van der Waals surface area contributed by atoms with E-state index >= 15 is 0 Å². The van der Waals surface area contributed by atoms with Crippen LogP contribution in [0.15, 0.2) is 12.2 Å². The van der Waals surface area contributed by atoms with E-state index < -0.39 is 48.0 Å². The summed E-state index contributed by atoms with van der Waals surface area (Å²) in [5, 5.41) is 54.8. The zero-order valence-corrected chi connectivity index (χ0v) is 22.2. The third-order valence-electron chi connectivity index (χ3n) is 7.46. The highest BCUT2D eigenvalue weighted by molar-refractivity contribution is 7.99. The predicted octanol–water partition coefficient (Wildman–Crippen LogP) is -0.537. The van der Waals surface area contributed by atoms with Gasteiger partial charge in [-0.1, -0.05) is 26.0 Å². The number of rotatable bonds is 4. The average Bonchev–Trinajstić information content (AvgIpc) is 3.13. The van der Waals surface area contributed by atoms with Gasteiger partial charge in [-0.3, -0.25) is 9.59 Å². The van der Waals surface area contributed by atoms with Crippen LogP contribution >= 0.6 is 11.8 Å². The van der Waals surface area contributed by atoms with Crippen LogP contribution in [0.25, 0.3) is 0 Å². The Morgan fingerprint density at radius 3 is 2.62 bits per heavy atom. The van der Waals surface area contributed by atoms with Gasteiger partial charge in [0.1, 0.15) is 35.9 Å². The lowest BCUT2D eigenvalue weighted by atomic mass is 9.85. The minimum absolute atomic E-state index is 0.207. The van der Waals surface area contributed by atoms with Gasteiger partial charge in [-0.2, -0.15) is 0 Å². The fourth-order valence-electron chi connectivity index (χ4n) is 5.79. The molecule has 0 aromatic rings. The van der Waals surface area contributed by atoms with E-state index in [9.17, 15) is 25.2 Å². The molecule has 4 rings (SSSR count). The Hall–Kier alpha value is -1.25. The second-order valence-electron chi connectivity index (χ2n) is 10.7. The van der Waals surface area contributed by atoms with Crippen molar-refractivity contribution in [2.45, 2.75) is 93.7 Å². The molecule has 11 atom stereocenters. The molecule has 0 spiro atoms. The first-order chi connectivity index (χ1) is 17.7. The summed E-state index contributed by atoms with van der Waals surface area (Å²) in [4.78, 5) is 21.7. The fraction of sp³-hybridized carbons (Fsp3) is 0.840. The van der Waals surface area contributed by atoms with Crippen LogP contribution < -0.4 is 10.6 Å². The van der Waals surface area contributed by atoms with Crippen LogP contribution in [0.5, 0.6) is 0 Å². The van der Waals surface area contributed by atoms with Gasteiger partial charge in [-0.15, -0.1) is 11.8 Å². The van der Waals surface area contributed by atoms with Gasteiger partial charge in [-0.05, 0) is 43.4 Å². The molecule has 4 aliphatic heterocycles. The summed E-state index contributed by atoms with van der Waals surface area (Å²) in [7, 11) is 0. The van der Waals surface area contributed by atoms with Crippen molar-refractivity contribution in [3.8, 4) is 0 Å². The lowest BCUT2D eigenvalue weighted by Gasteiger charge is -2.44. The van der Waals surface area contributed by atoms with E-state index in [1.165, 1.54) is 11.8 Å². The maximum atomic E-state index is 13.4. The minimum atomic E-state index is -1.41. The normalized spacial score (nSPS) is 42.9. The molecule has 4 aliphatic rings. The number of aliphatic hydroxyl groups excluding tert-OH is 4. The van der Waals surface area contributed by atoms with E-state index in [2.05, 4.69) is 24.5 Å². The van der Waals surface area contributed by atoms with E-state index in [1.807, 2.05) is 0 Å². The van der Waals surface area contributed by atoms with Crippen LogP contribution in [-0.2, 0) is 19.1 Å². The number of fused-ring (bicyclic) bond motifs is 3. The van der Waals surface area contributed by atoms with Crippen LogP contribution in [0.2, 0.25) is 0 Å². The zero-order valence-electron chi connectivity index (χ0n) is 21.4. The Morgan fingerprint density at radius 2 is 1.92 bits per heavy atom. The Balaban J connectivity index is 0.00000121. The summed E-state index contributed by atoms with van der Waals surface area (Å²) >= 11 is 1.17. The maximum absolute atomic E-state index is 13.4. The van der Waals surface area contributed by atoms with Crippen molar-refractivity contribution in [2.24, 2.45) is 17.8 Å². The van der Waals surface area contributed by atoms with Gasteiger partial charge in [0.25, 0.3) is 6.47 Å². The average molecular weight is 547 g/mol. The number of carbonyl (C=O) groups is 2. The topological polar surface area (TPSA) is 178 Å². The molecule has 11 nitrogen and oxygen atoms in total. The smallest absolute Gasteiger partial charge is 0.290 e. The van der Waals surface area contributed by atoms with Gasteiger partial charge in [0.05, 0.1) is 18.2 Å². The molecule has 1 amide bonds. The number of nitrogens with one attached hydrogen (secondary N) is 2. The second kappa shape index (κ2) is 14.2. The highest BCUT2D eigenvalue weighted by Gasteiger charge is 2.49. The van der Waals surface area contributed by atoms with Gasteiger partial charge in [0.15, 0.2) is 0 Å². The van der Waals surface area contributed by atoms with Crippen molar-refractivity contribution in [3.63, 3.8) is 0 Å². The Labute approximate surface area is 222 Å². The molecule has 0 saturated carbocycles. The SMILES string of the molecule is CC(C)C[C@@H]1CCO[C@@H]2[C@H](CN[C@@H]2C(=O)N[C@@H]2C/C=C/[C@H](O)CS[C@H]3O[C@H]2[C@H](O)[C@H](O)[C@H]3O)C1.O=CO. The van der Waals surface area contributed by atoms with Gasteiger partial charge >= 0.3 is 0 Å². The van der Waals surface area contributed by atoms with Gasteiger partial charge in [0, 0.05) is 18.9 Å². The first-order valence-electron chi connectivity index (χ1n) is 13.0. The first kappa shape index (κ1) is 30.3. The third-order valence-corrected chi connectivity index (χ3v) is 8.72. The van der Waals surface area contributed by atoms with Crippen LogP contribution in [0, 0.1) is 17.8 Å². The highest BCUT2D eigenvalue weighted by atomic mass is 32.2. The lowest BCUT2D eigenvalue weighted by molar-refractivity contribution is -0.205. The molecule has 3 fully saturated rings. The van der Waals surface area contributed by atoms with E-state index in [0.717, 1.165) is 25.8 Å². The molecular weight excluding hydrogens is 504 g/mol. The Bertz CT molecular complexity index is 772. The fourth-order valence-corrected chi connectivity index (χ4v) is 6.86. The highest BCUT2D eigenvalue weighted by Crippen LogP contribution is 2.35. The van der Waals surface area contributed by atoms with Gasteiger partial charge in [0.2, 0.25) is 5.91 Å². The molecule has 0 aromatic heterocycles.